The molecule has 1 atom stereocenters. The van der Waals surface area contributed by atoms with Crippen molar-refractivity contribution in [1.29, 1.82) is 0 Å². The third-order valence-corrected chi connectivity index (χ3v) is 5.82. The van der Waals surface area contributed by atoms with Crippen LogP contribution in [0.1, 0.15) is 56.2 Å². The van der Waals surface area contributed by atoms with E-state index in [-0.39, 0.29) is 0 Å². The molecule has 0 bridgehead atoms. The van der Waals surface area contributed by atoms with Gasteiger partial charge in [0.05, 0.1) is 0 Å². The Hall–Kier alpha value is -1.13. The molecular formula is C20H32N4. The van der Waals surface area contributed by atoms with Gasteiger partial charge in [0.15, 0.2) is 0 Å². The van der Waals surface area contributed by atoms with E-state index < -0.39 is 0 Å². The highest BCUT2D eigenvalue weighted by Gasteiger charge is 2.34. The van der Waals surface area contributed by atoms with Crippen LogP contribution in [0.2, 0.25) is 0 Å². The standard InChI is InChI=1S/C20H32N4/c1(3-14-24(18-9-10-18)19-11-13-21-15-19)2-6-17-8-7-16-5-4-12-22-20(16)23-17/h7-8,18-19,21H,1-6,9-15H2,(H,22,23)/t19-/m1/s1. The van der Waals surface area contributed by atoms with Gasteiger partial charge in [0.2, 0.25) is 0 Å². The number of hydrogen-bond acceptors (Lipinski definition) is 4. The van der Waals surface area contributed by atoms with Crippen LogP contribution in [0.15, 0.2) is 12.1 Å². The molecule has 0 spiro atoms. The molecule has 3 aliphatic rings. The fourth-order valence-electron chi connectivity index (χ4n) is 4.28. The molecule has 0 radical (unpaired) electrons. The van der Waals surface area contributed by atoms with Crippen LogP contribution < -0.4 is 10.6 Å². The molecular weight excluding hydrogens is 296 g/mol. The summed E-state index contributed by atoms with van der Waals surface area (Å²) in [5.74, 6) is 1.15. The van der Waals surface area contributed by atoms with Crippen LogP contribution >= 0.6 is 0 Å². The normalized spacial score (nSPS) is 23.3. The summed E-state index contributed by atoms with van der Waals surface area (Å²) in [6.45, 7) is 4.81. The monoisotopic (exact) mass is 328 g/mol. The Kier molecular flexibility index (Phi) is 5.34. The molecule has 0 amide bonds. The fourth-order valence-corrected chi connectivity index (χ4v) is 4.28. The molecule has 3 heterocycles. The molecule has 1 saturated heterocycles. The molecule has 1 aliphatic carbocycles. The number of nitrogens with one attached hydrogen (secondary N) is 2. The number of pyridine rings is 1. The molecule has 132 valence electrons. The van der Waals surface area contributed by atoms with Crippen molar-refractivity contribution in [2.75, 3.05) is 31.5 Å². The highest BCUT2D eigenvalue weighted by Crippen LogP contribution is 2.30. The van der Waals surface area contributed by atoms with Gasteiger partial charge in [0.1, 0.15) is 5.82 Å². The summed E-state index contributed by atoms with van der Waals surface area (Å²) in [7, 11) is 0. The third-order valence-electron chi connectivity index (χ3n) is 5.82. The Labute approximate surface area is 146 Å². The summed E-state index contributed by atoms with van der Waals surface area (Å²) in [6.07, 6.45) is 11.7. The first-order chi connectivity index (χ1) is 11.9. The smallest absolute Gasteiger partial charge is 0.129 e. The Balaban J connectivity index is 1.19. The van der Waals surface area contributed by atoms with Crippen molar-refractivity contribution in [3.8, 4) is 0 Å². The zero-order chi connectivity index (χ0) is 16.2. The minimum absolute atomic E-state index is 0.811. The van der Waals surface area contributed by atoms with Crippen molar-refractivity contribution in [3.05, 3.63) is 23.4 Å². The van der Waals surface area contributed by atoms with E-state index in [4.69, 9.17) is 4.98 Å². The Morgan fingerprint density at radius 1 is 1.04 bits per heavy atom. The molecule has 0 unspecified atom stereocenters. The number of fused-ring (bicyclic) bond motifs is 1. The van der Waals surface area contributed by atoms with E-state index in [0.717, 1.165) is 30.9 Å². The van der Waals surface area contributed by atoms with Crippen molar-refractivity contribution in [2.24, 2.45) is 0 Å². The lowest BCUT2D eigenvalue weighted by Gasteiger charge is -2.28. The van der Waals surface area contributed by atoms with Gasteiger partial charge >= 0.3 is 0 Å². The van der Waals surface area contributed by atoms with Gasteiger partial charge in [-0.1, -0.05) is 12.5 Å². The summed E-state index contributed by atoms with van der Waals surface area (Å²) < 4.78 is 0. The van der Waals surface area contributed by atoms with E-state index in [2.05, 4.69) is 27.7 Å². The molecule has 4 heteroatoms. The lowest BCUT2D eigenvalue weighted by atomic mass is 10.1. The Morgan fingerprint density at radius 3 is 2.83 bits per heavy atom. The summed E-state index contributed by atoms with van der Waals surface area (Å²) in [5, 5.41) is 6.97. The maximum atomic E-state index is 4.82. The van der Waals surface area contributed by atoms with Crippen LogP contribution in [0.3, 0.4) is 0 Å². The SMILES string of the molecule is c1cc2c(nc1CCCCCN(C1CC1)[C@@H]1CCNC1)NCCC2. The number of nitrogens with zero attached hydrogens (tertiary/aromatic N) is 2. The number of aromatic nitrogens is 1. The zero-order valence-corrected chi connectivity index (χ0v) is 14.9. The van der Waals surface area contributed by atoms with Gasteiger partial charge in [0.25, 0.3) is 0 Å². The molecule has 2 aliphatic heterocycles. The third kappa shape index (κ3) is 4.09. The van der Waals surface area contributed by atoms with Gasteiger partial charge in [0, 0.05) is 30.9 Å². The first-order valence-corrected chi connectivity index (χ1v) is 10.1. The van der Waals surface area contributed by atoms with Gasteiger partial charge in [-0.15, -0.1) is 0 Å². The van der Waals surface area contributed by atoms with Gasteiger partial charge in [-0.25, -0.2) is 4.98 Å². The Morgan fingerprint density at radius 2 is 2.00 bits per heavy atom. The number of unbranched alkanes of at least 4 members (excludes halogenated alkanes) is 2. The van der Waals surface area contributed by atoms with Gasteiger partial charge in [-0.05, 0) is 76.1 Å². The average Bonchev–Trinajstić information content (AvgIpc) is 3.31. The van der Waals surface area contributed by atoms with Crippen molar-refractivity contribution < 1.29 is 0 Å². The topological polar surface area (TPSA) is 40.2 Å². The van der Waals surface area contributed by atoms with Crippen molar-refractivity contribution in [1.82, 2.24) is 15.2 Å². The zero-order valence-electron chi connectivity index (χ0n) is 14.9. The van der Waals surface area contributed by atoms with E-state index in [9.17, 15) is 0 Å². The first-order valence-electron chi connectivity index (χ1n) is 10.1. The molecule has 4 rings (SSSR count). The minimum atomic E-state index is 0.811. The highest BCUT2D eigenvalue weighted by molar-refractivity contribution is 5.46. The van der Waals surface area contributed by atoms with Crippen LogP contribution in [-0.2, 0) is 12.8 Å². The van der Waals surface area contributed by atoms with Crippen molar-refractivity contribution >= 4 is 5.82 Å². The molecule has 2 N–H and O–H groups in total. The second kappa shape index (κ2) is 7.83. The van der Waals surface area contributed by atoms with Crippen molar-refractivity contribution in [2.45, 2.75) is 69.9 Å². The highest BCUT2D eigenvalue weighted by atomic mass is 15.2. The minimum Gasteiger partial charge on any atom is -0.370 e. The summed E-state index contributed by atoms with van der Waals surface area (Å²) >= 11 is 0. The van der Waals surface area contributed by atoms with Gasteiger partial charge in [-0.3, -0.25) is 4.90 Å². The van der Waals surface area contributed by atoms with Crippen LogP contribution in [0, 0.1) is 0 Å². The first kappa shape index (κ1) is 16.3. The van der Waals surface area contributed by atoms with E-state index >= 15 is 0 Å². The molecule has 1 aromatic rings. The lowest BCUT2D eigenvalue weighted by molar-refractivity contribution is 0.193. The van der Waals surface area contributed by atoms with Gasteiger partial charge < -0.3 is 10.6 Å². The molecule has 0 aromatic carbocycles. The number of hydrogen-bond donors (Lipinski definition) is 2. The van der Waals surface area contributed by atoms with Crippen LogP contribution in [-0.4, -0.2) is 48.1 Å². The number of rotatable bonds is 8. The van der Waals surface area contributed by atoms with Gasteiger partial charge in [-0.2, -0.15) is 0 Å². The summed E-state index contributed by atoms with van der Waals surface area (Å²) in [6, 6.07) is 6.24. The molecule has 24 heavy (non-hydrogen) atoms. The predicted molar refractivity (Wildman–Crippen MR) is 99.6 cm³/mol. The van der Waals surface area contributed by atoms with E-state index in [1.807, 2.05) is 0 Å². The van der Waals surface area contributed by atoms with Crippen LogP contribution in [0.4, 0.5) is 5.82 Å². The van der Waals surface area contributed by atoms with E-state index in [0.29, 0.717) is 0 Å². The summed E-state index contributed by atoms with van der Waals surface area (Å²) in [5.41, 5.74) is 2.66. The largest absolute Gasteiger partial charge is 0.370 e. The number of anilines is 1. The van der Waals surface area contributed by atoms with E-state index in [1.54, 1.807) is 0 Å². The second-order valence-electron chi connectivity index (χ2n) is 7.77. The second-order valence-corrected chi connectivity index (χ2v) is 7.77. The quantitative estimate of drug-likeness (QED) is 0.720. The number of aryl methyl sites for hydroxylation is 2. The molecule has 4 nitrogen and oxygen atoms in total. The van der Waals surface area contributed by atoms with Crippen LogP contribution in [0.25, 0.3) is 0 Å². The fraction of sp³-hybridized carbons (Fsp3) is 0.750. The molecule has 2 fully saturated rings. The molecule has 1 saturated carbocycles. The maximum absolute atomic E-state index is 4.82. The van der Waals surface area contributed by atoms with Crippen LogP contribution in [0.5, 0.6) is 0 Å². The summed E-state index contributed by atoms with van der Waals surface area (Å²) in [4.78, 5) is 7.62. The predicted octanol–water partition coefficient (Wildman–Crippen LogP) is 2.98. The average molecular weight is 329 g/mol. The molecule has 1 aromatic heterocycles. The maximum Gasteiger partial charge on any atom is 0.129 e. The van der Waals surface area contributed by atoms with Crippen molar-refractivity contribution in [3.63, 3.8) is 0 Å². The lowest BCUT2D eigenvalue weighted by Crippen LogP contribution is -2.39. The van der Waals surface area contributed by atoms with E-state index in [1.165, 1.54) is 82.3 Å². The Bertz CT molecular complexity index is 534.